The van der Waals surface area contributed by atoms with Gasteiger partial charge in [0.05, 0.1) is 5.75 Å². The molecule has 0 spiro atoms. The maximum absolute atomic E-state index is 13.0. The molecule has 0 aliphatic heterocycles. The third-order valence-corrected chi connectivity index (χ3v) is 6.17. The fraction of sp³-hybridized carbons (Fsp3) is 0.227. The summed E-state index contributed by atoms with van der Waals surface area (Å²) in [5, 5.41) is 2.72. The highest BCUT2D eigenvalue weighted by Crippen LogP contribution is 2.12. The summed E-state index contributed by atoms with van der Waals surface area (Å²) in [5.74, 6) is -0.964. The van der Waals surface area contributed by atoms with Crippen LogP contribution in [0.15, 0.2) is 53.3 Å². The minimum Gasteiger partial charge on any atom is -0.384 e. The number of carbonyl (C=O) groups is 1. The van der Waals surface area contributed by atoms with Crippen molar-refractivity contribution >= 4 is 27.4 Å². The molecule has 0 atom stereocenters. The topological polar surface area (TPSA) is 136 Å². The molecule has 174 valence electrons. The fourth-order valence-corrected chi connectivity index (χ4v) is 4.33. The predicted octanol–water partition coefficient (Wildman–Crippen LogP) is 1.84. The molecule has 0 saturated carbocycles. The largest absolute Gasteiger partial charge is 0.384 e. The molecule has 3 aromatic rings. The highest BCUT2D eigenvalue weighted by Gasteiger charge is 2.17. The number of rotatable bonds is 8. The Hall–Kier alpha value is -3.73. The van der Waals surface area contributed by atoms with Crippen molar-refractivity contribution in [3.05, 3.63) is 87.2 Å². The van der Waals surface area contributed by atoms with Crippen molar-refractivity contribution in [2.75, 3.05) is 10.5 Å². The number of anilines is 2. The van der Waals surface area contributed by atoms with E-state index in [-0.39, 0.29) is 18.8 Å². The zero-order chi connectivity index (χ0) is 24.2. The first-order valence-corrected chi connectivity index (χ1v) is 11.6. The number of amides is 1. The number of nitrogens with one attached hydrogen (secondary N) is 2. The zero-order valence-electron chi connectivity index (χ0n) is 18.1. The Labute approximate surface area is 190 Å². The van der Waals surface area contributed by atoms with E-state index in [1.807, 2.05) is 0 Å². The summed E-state index contributed by atoms with van der Waals surface area (Å²) in [4.78, 5) is 29.4. The SMILES string of the molecule is Cc1nc(N)ccc1CNC(=O)Cn1c(C)ccc(NS(=O)(=O)Cc2ccc(F)cc2)c1=O. The second-order valence-corrected chi connectivity index (χ2v) is 9.25. The maximum atomic E-state index is 13.0. The lowest BCUT2D eigenvalue weighted by Crippen LogP contribution is -2.34. The lowest BCUT2D eigenvalue weighted by atomic mass is 10.2. The van der Waals surface area contributed by atoms with Crippen LogP contribution in [-0.2, 0) is 33.7 Å². The number of hydrogen-bond acceptors (Lipinski definition) is 6. The van der Waals surface area contributed by atoms with Crippen LogP contribution in [0, 0.1) is 19.7 Å². The van der Waals surface area contributed by atoms with Crippen LogP contribution in [0.5, 0.6) is 0 Å². The van der Waals surface area contributed by atoms with Gasteiger partial charge in [0.25, 0.3) is 5.56 Å². The van der Waals surface area contributed by atoms with Crippen molar-refractivity contribution in [1.29, 1.82) is 0 Å². The number of pyridine rings is 2. The van der Waals surface area contributed by atoms with Gasteiger partial charge >= 0.3 is 0 Å². The highest BCUT2D eigenvalue weighted by molar-refractivity contribution is 7.91. The van der Waals surface area contributed by atoms with Gasteiger partial charge in [0.2, 0.25) is 15.9 Å². The first-order chi connectivity index (χ1) is 15.5. The molecule has 2 heterocycles. The van der Waals surface area contributed by atoms with E-state index in [0.717, 1.165) is 17.7 Å². The van der Waals surface area contributed by atoms with E-state index < -0.39 is 33.1 Å². The molecule has 2 aromatic heterocycles. The third kappa shape index (κ3) is 6.39. The summed E-state index contributed by atoms with van der Waals surface area (Å²) in [6.45, 7) is 3.32. The summed E-state index contributed by atoms with van der Waals surface area (Å²) >= 11 is 0. The van der Waals surface area contributed by atoms with E-state index in [2.05, 4.69) is 15.0 Å². The number of aromatic nitrogens is 2. The molecule has 11 heteroatoms. The second kappa shape index (κ2) is 9.82. The number of carbonyl (C=O) groups excluding carboxylic acids is 1. The van der Waals surface area contributed by atoms with Gasteiger partial charge in [-0.25, -0.2) is 17.8 Å². The van der Waals surface area contributed by atoms with Crippen LogP contribution in [-0.4, -0.2) is 23.9 Å². The number of nitrogens with zero attached hydrogens (tertiary/aromatic N) is 2. The molecule has 3 rings (SSSR count). The minimum atomic E-state index is -3.94. The Morgan fingerprint density at radius 1 is 1.09 bits per heavy atom. The van der Waals surface area contributed by atoms with Gasteiger partial charge < -0.3 is 15.6 Å². The standard InChI is InChI=1S/C22H24FN5O4S/c1-14-3-9-19(27-33(31,32)13-16-4-7-18(23)8-5-16)22(30)28(14)12-21(29)25-11-17-6-10-20(24)26-15(17)2/h3-10,27H,11-13H2,1-2H3,(H2,24,26)(H,25,29). The Kier molecular flexibility index (Phi) is 7.12. The first kappa shape index (κ1) is 23.9. The van der Waals surface area contributed by atoms with E-state index in [1.54, 1.807) is 32.0 Å². The molecule has 0 fully saturated rings. The lowest BCUT2D eigenvalue weighted by molar-refractivity contribution is -0.121. The van der Waals surface area contributed by atoms with Gasteiger partial charge in [0, 0.05) is 17.9 Å². The van der Waals surface area contributed by atoms with Gasteiger partial charge in [-0.1, -0.05) is 18.2 Å². The average molecular weight is 474 g/mol. The van der Waals surface area contributed by atoms with Crippen molar-refractivity contribution in [3.63, 3.8) is 0 Å². The normalized spacial score (nSPS) is 11.2. The van der Waals surface area contributed by atoms with Crippen LogP contribution in [0.4, 0.5) is 15.9 Å². The lowest BCUT2D eigenvalue weighted by Gasteiger charge is -2.14. The number of nitrogen functional groups attached to an aromatic ring is 1. The molecule has 0 unspecified atom stereocenters. The Bertz CT molecular complexity index is 1340. The molecule has 33 heavy (non-hydrogen) atoms. The molecule has 0 aliphatic carbocycles. The van der Waals surface area contributed by atoms with Gasteiger partial charge in [-0.2, -0.15) is 0 Å². The van der Waals surface area contributed by atoms with Crippen LogP contribution in [0.1, 0.15) is 22.5 Å². The molecular formula is C22H24FN5O4S. The molecule has 9 nitrogen and oxygen atoms in total. The maximum Gasteiger partial charge on any atom is 0.275 e. The average Bonchev–Trinajstić information content (AvgIpc) is 2.74. The summed E-state index contributed by atoms with van der Waals surface area (Å²) in [7, 11) is -3.94. The van der Waals surface area contributed by atoms with Gasteiger partial charge in [-0.15, -0.1) is 0 Å². The van der Waals surface area contributed by atoms with Crippen molar-refractivity contribution < 1.29 is 17.6 Å². The van der Waals surface area contributed by atoms with Crippen molar-refractivity contribution in [2.45, 2.75) is 32.7 Å². The monoisotopic (exact) mass is 473 g/mol. The predicted molar refractivity (Wildman–Crippen MR) is 123 cm³/mol. The van der Waals surface area contributed by atoms with Gasteiger partial charge in [-0.3, -0.25) is 14.3 Å². The van der Waals surface area contributed by atoms with Crippen LogP contribution in [0.2, 0.25) is 0 Å². The zero-order valence-corrected chi connectivity index (χ0v) is 18.9. The summed E-state index contributed by atoms with van der Waals surface area (Å²) in [5.41, 5.74) is 7.10. The number of nitrogens with two attached hydrogens (primary N) is 1. The molecule has 0 saturated heterocycles. The minimum absolute atomic E-state index is 0.186. The van der Waals surface area contributed by atoms with Crippen LogP contribution in [0.3, 0.4) is 0 Å². The third-order valence-electron chi connectivity index (χ3n) is 4.92. The Balaban J connectivity index is 1.71. The molecule has 1 amide bonds. The van der Waals surface area contributed by atoms with Crippen LogP contribution in [0.25, 0.3) is 0 Å². The van der Waals surface area contributed by atoms with Gasteiger partial charge in [0.1, 0.15) is 23.9 Å². The van der Waals surface area contributed by atoms with E-state index in [9.17, 15) is 22.4 Å². The number of hydrogen-bond donors (Lipinski definition) is 3. The molecule has 0 bridgehead atoms. The summed E-state index contributed by atoms with van der Waals surface area (Å²) < 4.78 is 41.5. The molecule has 4 N–H and O–H groups in total. The van der Waals surface area contributed by atoms with Crippen molar-refractivity contribution in [3.8, 4) is 0 Å². The Morgan fingerprint density at radius 2 is 1.79 bits per heavy atom. The van der Waals surface area contributed by atoms with Crippen LogP contribution >= 0.6 is 0 Å². The smallest absolute Gasteiger partial charge is 0.275 e. The molecule has 1 aromatic carbocycles. The van der Waals surface area contributed by atoms with E-state index in [0.29, 0.717) is 22.8 Å². The van der Waals surface area contributed by atoms with Crippen molar-refractivity contribution in [1.82, 2.24) is 14.9 Å². The van der Waals surface area contributed by atoms with Gasteiger partial charge in [-0.05, 0) is 55.3 Å². The van der Waals surface area contributed by atoms with E-state index >= 15 is 0 Å². The summed E-state index contributed by atoms with van der Waals surface area (Å²) in [6.07, 6.45) is 0. The van der Waals surface area contributed by atoms with Gasteiger partial charge in [0.15, 0.2) is 0 Å². The number of aryl methyl sites for hydroxylation is 2. The highest BCUT2D eigenvalue weighted by atomic mass is 32.2. The molecule has 0 aliphatic rings. The second-order valence-electron chi connectivity index (χ2n) is 7.52. The molecule has 0 radical (unpaired) electrons. The van der Waals surface area contributed by atoms with E-state index in [4.69, 9.17) is 5.73 Å². The van der Waals surface area contributed by atoms with Crippen molar-refractivity contribution in [2.24, 2.45) is 0 Å². The fourth-order valence-electron chi connectivity index (χ4n) is 3.14. The number of sulfonamides is 1. The molecular weight excluding hydrogens is 449 g/mol. The first-order valence-electron chi connectivity index (χ1n) is 9.98. The summed E-state index contributed by atoms with van der Waals surface area (Å²) in [6, 6.07) is 11.3. The number of benzene rings is 1. The quantitative estimate of drug-likeness (QED) is 0.457. The van der Waals surface area contributed by atoms with Crippen LogP contribution < -0.4 is 21.3 Å². The Morgan fingerprint density at radius 3 is 2.45 bits per heavy atom. The van der Waals surface area contributed by atoms with E-state index in [1.165, 1.54) is 22.8 Å². The number of halogens is 1.